The Balaban J connectivity index is 1.17. The van der Waals surface area contributed by atoms with Crippen LogP contribution in [0.25, 0.3) is 99.2 Å². The van der Waals surface area contributed by atoms with Crippen molar-refractivity contribution in [3.05, 3.63) is 182 Å². The molecule has 51 heavy (non-hydrogen) atoms. The lowest BCUT2D eigenvalue weighted by Gasteiger charge is -2.12. The normalized spacial score (nSPS) is 11.9. The molecule has 3 heteroatoms. The van der Waals surface area contributed by atoms with Crippen LogP contribution in [-0.2, 0) is 0 Å². The maximum Gasteiger partial charge on any atom is 0.136 e. The minimum atomic E-state index is 0.907. The second-order valence-corrected chi connectivity index (χ2v) is 13.3. The van der Waals surface area contributed by atoms with Gasteiger partial charge in [0.2, 0.25) is 0 Å². The third-order valence-corrected chi connectivity index (χ3v) is 10.5. The molecule has 0 spiro atoms. The van der Waals surface area contributed by atoms with E-state index in [1.807, 2.05) is 12.1 Å². The fourth-order valence-electron chi connectivity index (χ4n) is 8.36. The number of furan rings is 1. The van der Waals surface area contributed by atoms with Crippen molar-refractivity contribution in [2.45, 2.75) is 0 Å². The van der Waals surface area contributed by atoms with Crippen LogP contribution in [0.5, 0.6) is 0 Å². The average molecular weight is 651 g/mol. The molecular formula is C48H30N2O. The van der Waals surface area contributed by atoms with E-state index in [-0.39, 0.29) is 0 Å². The molecule has 0 radical (unpaired) electrons. The highest BCUT2D eigenvalue weighted by atomic mass is 16.3. The molecule has 3 heterocycles. The molecule has 0 aliphatic rings. The van der Waals surface area contributed by atoms with Gasteiger partial charge in [-0.3, -0.25) is 0 Å². The van der Waals surface area contributed by atoms with Gasteiger partial charge in [0.25, 0.3) is 0 Å². The van der Waals surface area contributed by atoms with Gasteiger partial charge in [0, 0.05) is 43.7 Å². The van der Waals surface area contributed by atoms with Crippen LogP contribution in [0, 0.1) is 0 Å². The van der Waals surface area contributed by atoms with Gasteiger partial charge in [-0.15, -0.1) is 0 Å². The van der Waals surface area contributed by atoms with Crippen LogP contribution < -0.4 is 0 Å². The van der Waals surface area contributed by atoms with Crippen LogP contribution in [0.1, 0.15) is 0 Å². The molecule has 11 rings (SSSR count). The lowest BCUT2D eigenvalue weighted by molar-refractivity contribution is 0.669. The van der Waals surface area contributed by atoms with E-state index >= 15 is 0 Å². The predicted octanol–water partition coefficient (Wildman–Crippen LogP) is 13.1. The Morgan fingerprint density at radius 1 is 0.314 bits per heavy atom. The molecule has 0 unspecified atom stereocenters. The summed E-state index contributed by atoms with van der Waals surface area (Å²) >= 11 is 0. The summed E-state index contributed by atoms with van der Waals surface area (Å²) < 4.78 is 11.1. The zero-order valence-electron chi connectivity index (χ0n) is 27.6. The molecule has 0 bridgehead atoms. The lowest BCUT2D eigenvalue weighted by atomic mass is 9.99. The monoisotopic (exact) mass is 650 g/mol. The summed E-state index contributed by atoms with van der Waals surface area (Å²) in [5.41, 5.74) is 13.6. The Kier molecular flexibility index (Phi) is 5.96. The van der Waals surface area contributed by atoms with E-state index in [0.29, 0.717) is 0 Å². The Morgan fingerprint density at radius 2 is 0.824 bits per heavy atom. The minimum absolute atomic E-state index is 0.907. The number of fused-ring (bicyclic) bond motifs is 10. The molecule has 0 aliphatic heterocycles. The van der Waals surface area contributed by atoms with Gasteiger partial charge in [0.15, 0.2) is 0 Å². The topological polar surface area (TPSA) is 23.0 Å². The summed E-state index contributed by atoms with van der Waals surface area (Å²) in [6.45, 7) is 0. The average Bonchev–Trinajstić information content (AvgIpc) is 3.86. The summed E-state index contributed by atoms with van der Waals surface area (Å²) in [6.07, 6.45) is 0. The summed E-state index contributed by atoms with van der Waals surface area (Å²) in [7, 11) is 0. The van der Waals surface area contributed by atoms with Crippen LogP contribution in [-0.4, -0.2) is 9.13 Å². The molecule has 8 aromatic carbocycles. The van der Waals surface area contributed by atoms with Crippen molar-refractivity contribution in [1.29, 1.82) is 0 Å². The van der Waals surface area contributed by atoms with Gasteiger partial charge in [-0.2, -0.15) is 0 Å². The van der Waals surface area contributed by atoms with Crippen LogP contribution in [0.4, 0.5) is 0 Å². The van der Waals surface area contributed by atoms with Gasteiger partial charge < -0.3 is 13.6 Å². The maximum atomic E-state index is 6.26. The van der Waals surface area contributed by atoms with Crippen molar-refractivity contribution in [2.24, 2.45) is 0 Å². The SMILES string of the molecule is c1ccc(-c2cccc(-n3c4ccccc4c4c5c6ccccc6n(-c6cccc(-c7cccc8oc9ccccc9c78)c6)c5ccc43)c2)cc1. The van der Waals surface area contributed by atoms with Crippen molar-refractivity contribution >= 4 is 65.6 Å². The highest BCUT2D eigenvalue weighted by Gasteiger charge is 2.21. The molecular weight excluding hydrogens is 621 g/mol. The Labute approximate surface area is 293 Å². The van der Waals surface area contributed by atoms with Crippen molar-refractivity contribution in [1.82, 2.24) is 9.13 Å². The summed E-state index contributed by atoms with van der Waals surface area (Å²) in [6, 6.07) is 65.4. The van der Waals surface area contributed by atoms with Crippen molar-refractivity contribution < 1.29 is 4.42 Å². The van der Waals surface area contributed by atoms with Crippen molar-refractivity contribution in [3.8, 4) is 33.6 Å². The Hall–Kier alpha value is -6.84. The summed E-state index contributed by atoms with van der Waals surface area (Å²) in [5, 5.41) is 7.32. The van der Waals surface area contributed by atoms with Gasteiger partial charge >= 0.3 is 0 Å². The number of rotatable bonds is 4. The number of aromatic nitrogens is 2. The molecule has 0 amide bonds. The second kappa shape index (κ2) is 10.8. The molecule has 0 saturated heterocycles. The van der Waals surface area contributed by atoms with E-state index in [1.165, 1.54) is 60.3 Å². The van der Waals surface area contributed by atoms with Crippen LogP contribution >= 0.6 is 0 Å². The first-order chi connectivity index (χ1) is 25.3. The summed E-state index contributed by atoms with van der Waals surface area (Å²) in [4.78, 5) is 0. The first-order valence-corrected chi connectivity index (χ1v) is 17.4. The van der Waals surface area contributed by atoms with Gasteiger partial charge in [0.05, 0.1) is 22.1 Å². The van der Waals surface area contributed by atoms with Gasteiger partial charge in [-0.1, -0.05) is 121 Å². The zero-order chi connectivity index (χ0) is 33.5. The van der Waals surface area contributed by atoms with Crippen molar-refractivity contribution in [3.63, 3.8) is 0 Å². The predicted molar refractivity (Wildman–Crippen MR) is 213 cm³/mol. The van der Waals surface area contributed by atoms with E-state index in [0.717, 1.165) is 38.9 Å². The molecule has 0 saturated carbocycles. The number of hydrogen-bond donors (Lipinski definition) is 0. The fourth-order valence-corrected chi connectivity index (χ4v) is 8.36. The smallest absolute Gasteiger partial charge is 0.136 e. The Bertz CT molecular complexity index is 3140. The third-order valence-electron chi connectivity index (χ3n) is 10.5. The van der Waals surface area contributed by atoms with Gasteiger partial charge in [-0.05, 0) is 82.9 Å². The van der Waals surface area contributed by atoms with Crippen molar-refractivity contribution in [2.75, 3.05) is 0 Å². The van der Waals surface area contributed by atoms with E-state index in [2.05, 4.69) is 179 Å². The van der Waals surface area contributed by atoms with E-state index in [9.17, 15) is 0 Å². The quantitative estimate of drug-likeness (QED) is 0.186. The molecule has 0 N–H and O–H groups in total. The molecule has 3 aromatic heterocycles. The molecule has 0 atom stereocenters. The summed E-state index contributed by atoms with van der Waals surface area (Å²) in [5.74, 6) is 0. The fraction of sp³-hybridized carbons (Fsp3) is 0. The van der Waals surface area contributed by atoms with Gasteiger partial charge in [0.1, 0.15) is 11.2 Å². The number of hydrogen-bond acceptors (Lipinski definition) is 1. The highest BCUT2D eigenvalue weighted by Crippen LogP contribution is 2.43. The number of para-hydroxylation sites is 3. The third kappa shape index (κ3) is 4.12. The first-order valence-electron chi connectivity index (χ1n) is 17.4. The van der Waals surface area contributed by atoms with E-state index in [1.54, 1.807) is 0 Å². The molecule has 3 nitrogen and oxygen atoms in total. The number of benzene rings is 8. The van der Waals surface area contributed by atoms with Crippen LogP contribution in [0.2, 0.25) is 0 Å². The molecule has 238 valence electrons. The zero-order valence-corrected chi connectivity index (χ0v) is 27.6. The van der Waals surface area contributed by atoms with Crippen LogP contribution in [0.3, 0.4) is 0 Å². The Morgan fingerprint density at radius 3 is 1.51 bits per heavy atom. The second-order valence-electron chi connectivity index (χ2n) is 13.3. The number of nitrogens with zero attached hydrogens (tertiary/aromatic N) is 2. The largest absolute Gasteiger partial charge is 0.456 e. The molecule has 11 aromatic rings. The van der Waals surface area contributed by atoms with Crippen LogP contribution in [0.15, 0.2) is 186 Å². The van der Waals surface area contributed by atoms with Gasteiger partial charge in [-0.25, -0.2) is 0 Å². The highest BCUT2D eigenvalue weighted by molar-refractivity contribution is 6.29. The molecule has 0 fully saturated rings. The van der Waals surface area contributed by atoms with E-state index < -0.39 is 0 Å². The first kappa shape index (κ1) is 28.0. The van der Waals surface area contributed by atoms with E-state index in [4.69, 9.17) is 4.42 Å². The standard InChI is InChI=1S/C48H30N2O/c1-2-13-31(14-3-1)32-15-10-17-34(29-32)49-40-23-7-4-19-37(40)47-42(49)27-28-43-48(47)38-20-5-8-24-41(38)50(43)35-18-11-16-33(30-35)36-22-12-26-45-46(36)39-21-6-9-25-44(39)51-45/h1-30H. The molecule has 0 aliphatic carbocycles. The maximum absolute atomic E-state index is 6.26. The minimum Gasteiger partial charge on any atom is -0.456 e. The lowest BCUT2D eigenvalue weighted by Crippen LogP contribution is -1.95.